The lowest BCUT2D eigenvalue weighted by atomic mass is 10.3. The zero-order valence-electron chi connectivity index (χ0n) is 9.57. The van der Waals surface area contributed by atoms with Crippen molar-refractivity contribution in [3.05, 3.63) is 20.3 Å². The van der Waals surface area contributed by atoms with Crippen LogP contribution in [0.1, 0.15) is 0 Å². The Morgan fingerprint density at radius 2 is 2.59 bits per heavy atom. The first-order valence-corrected chi connectivity index (χ1v) is 6.52. The molecule has 2 rings (SSSR count). The Balaban J connectivity index is 1.93. The predicted molar refractivity (Wildman–Crippen MR) is 73.3 cm³/mol. The smallest absolute Gasteiger partial charge is 0.266 e. The molecular weight excluding hydrogens is 335 g/mol. The fourth-order valence-corrected chi connectivity index (χ4v) is 2.19. The SMILES string of the molecule is CN1CCOC(CNc2nc[nH]c(=O)c2I)C1. The summed E-state index contributed by atoms with van der Waals surface area (Å²) in [6.07, 6.45) is 1.55. The van der Waals surface area contributed by atoms with Gasteiger partial charge in [-0.1, -0.05) is 0 Å². The number of halogens is 1. The van der Waals surface area contributed by atoms with Gasteiger partial charge in [0.15, 0.2) is 0 Å². The van der Waals surface area contributed by atoms with Crippen LogP contribution in [0.2, 0.25) is 0 Å². The third kappa shape index (κ3) is 3.39. The van der Waals surface area contributed by atoms with E-state index in [1.807, 2.05) is 22.6 Å². The topological polar surface area (TPSA) is 70.2 Å². The number of aromatic amines is 1. The van der Waals surface area contributed by atoms with Crippen molar-refractivity contribution < 1.29 is 4.74 Å². The van der Waals surface area contributed by atoms with Crippen LogP contribution in [0.4, 0.5) is 5.82 Å². The van der Waals surface area contributed by atoms with Crippen LogP contribution in [0.5, 0.6) is 0 Å². The van der Waals surface area contributed by atoms with Gasteiger partial charge < -0.3 is 19.9 Å². The lowest BCUT2D eigenvalue weighted by Crippen LogP contribution is -2.43. The molecule has 1 aliphatic heterocycles. The normalized spacial score (nSPS) is 21.4. The number of likely N-dealkylation sites (N-methyl/N-ethyl adjacent to an activating group) is 1. The Labute approximate surface area is 113 Å². The van der Waals surface area contributed by atoms with E-state index >= 15 is 0 Å². The van der Waals surface area contributed by atoms with Gasteiger partial charge >= 0.3 is 0 Å². The van der Waals surface area contributed by atoms with E-state index in [4.69, 9.17) is 4.74 Å². The molecule has 1 aromatic rings. The lowest BCUT2D eigenvalue weighted by Gasteiger charge is -2.30. The van der Waals surface area contributed by atoms with Crippen molar-refractivity contribution in [1.82, 2.24) is 14.9 Å². The molecule has 1 atom stereocenters. The minimum Gasteiger partial charge on any atom is -0.374 e. The molecule has 2 heterocycles. The van der Waals surface area contributed by atoms with E-state index in [2.05, 4.69) is 27.2 Å². The minimum absolute atomic E-state index is 0.121. The average Bonchev–Trinajstić information content (AvgIpc) is 2.31. The van der Waals surface area contributed by atoms with Crippen molar-refractivity contribution >= 4 is 28.4 Å². The fourth-order valence-electron chi connectivity index (χ4n) is 1.71. The number of H-pyrrole nitrogens is 1. The van der Waals surface area contributed by atoms with Crippen LogP contribution in [0.15, 0.2) is 11.1 Å². The van der Waals surface area contributed by atoms with Gasteiger partial charge in [-0.25, -0.2) is 4.98 Å². The van der Waals surface area contributed by atoms with Crippen LogP contribution in [0.3, 0.4) is 0 Å². The molecule has 1 aliphatic rings. The summed E-state index contributed by atoms with van der Waals surface area (Å²) in [5, 5.41) is 3.15. The highest BCUT2D eigenvalue weighted by molar-refractivity contribution is 14.1. The molecule has 0 bridgehead atoms. The molecule has 0 saturated carbocycles. The molecular formula is C10H15IN4O2. The Morgan fingerprint density at radius 3 is 3.35 bits per heavy atom. The predicted octanol–water partition coefficient (Wildman–Crippen LogP) is 0.117. The number of hydrogen-bond acceptors (Lipinski definition) is 5. The third-order valence-corrected chi connectivity index (χ3v) is 3.64. The van der Waals surface area contributed by atoms with Gasteiger partial charge in [-0.15, -0.1) is 0 Å². The largest absolute Gasteiger partial charge is 0.374 e. The second-order valence-corrected chi connectivity index (χ2v) is 5.11. The second kappa shape index (κ2) is 5.78. The van der Waals surface area contributed by atoms with Gasteiger partial charge in [0, 0.05) is 19.6 Å². The summed E-state index contributed by atoms with van der Waals surface area (Å²) >= 11 is 1.98. The highest BCUT2D eigenvalue weighted by Crippen LogP contribution is 2.10. The summed E-state index contributed by atoms with van der Waals surface area (Å²) in [5.74, 6) is 0.617. The van der Waals surface area contributed by atoms with E-state index in [1.54, 1.807) is 0 Å². The first-order valence-electron chi connectivity index (χ1n) is 5.44. The van der Waals surface area contributed by atoms with Crippen LogP contribution < -0.4 is 10.9 Å². The Kier molecular flexibility index (Phi) is 4.35. The van der Waals surface area contributed by atoms with Crippen molar-refractivity contribution in [2.24, 2.45) is 0 Å². The van der Waals surface area contributed by atoms with Gasteiger partial charge in [0.05, 0.1) is 19.0 Å². The van der Waals surface area contributed by atoms with E-state index in [9.17, 15) is 4.79 Å². The highest BCUT2D eigenvalue weighted by atomic mass is 127. The molecule has 0 radical (unpaired) electrons. The number of aromatic nitrogens is 2. The Morgan fingerprint density at radius 1 is 1.76 bits per heavy atom. The first kappa shape index (κ1) is 12.8. The summed E-state index contributed by atoms with van der Waals surface area (Å²) in [4.78, 5) is 20.2. The number of hydrogen-bond donors (Lipinski definition) is 2. The Bertz CT molecular complexity index is 437. The summed E-state index contributed by atoms with van der Waals surface area (Å²) in [6.45, 7) is 3.28. The van der Waals surface area contributed by atoms with Gasteiger partial charge in [0.2, 0.25) is 0 Å². The van der Waals surface area contributed by atoms with E-state index in [0.29, 0.717) is 15.9 Å². The molecule has 0 aliphatic carbocycles. The van der Waals surface area contributed by atoms with Crippen LogP contribution in [-0.4, -0.2) is 54.3 Å². The number of anilines is 1. The van der Waals surface area contributed by atoms with E-state index in [1.165, 1.54) is 6.33 Å². The maximum Gasteiger partial charge on any atom is 0.266 e. The van der Waals surface area contributed by atoms with Crippen molar-refractivity contribution in [2.45, 2.75) is 6.10 Å². The van der Waals surface area contributed by atoms with Crippen LogP contribution in [0.25, 0.3) is 0 Å². The lowest BCUT2D eigenvalue weighted by molar-refractivity contribution is -0.0117. The number of ether oxygens (including phenoxy) is 1. The van der Waals surface area contributed by atoms with Crippen molar-refractivity contribution in [1.29, 1.82) is 0 Å². The van der Waals surface area contributed by atoms with Crippen molar-refractivity contribution in [3.63, 3.8) is 0 Å². The highest BCUT2D eigenvalue weighted by Gasteiger charge is 2.17. The summed E-state index contributed by atoms with van der Waals surface area (Å²) in [6, 6.07) is 0. The third-order valence-electron chi connectivity index (χ3n) is 2.64. The summed E-state index contributed by atoms with van der Waals surface area (Å²) < 4.78 is 6.20. The molecule has 6 nitrogen and oxygen atoms in total. The monoisotopic (exact) mass is 350 g/mol. The number of nitrogens with one attached hydrogen (secondary N) is 2. The minimum atomic E-state index is -0.121. The van der Waals surface area contributed by atoms with Crippen LogP contribution in [0, 0.1) is 3.57 Å². The fraction of sp³-hybridized carbons (Fsp3) is 0.600. The summed E-state index contributed by atoms with van der Waals surface area (Å²) in [5.41, 5.74) is -0.121. The number of rotatable bonds is 3. The number of morpholine rings is 1. The maximum absolute atomic E-state index is 11.4. The standard InChI is InChI=1S/C10H15IN4O2/c1-15-2-3-17-7(5-15)4-12-9-8(11)10(16)14-6-13-9/h6-7H,2-5H2,1H3,(H2,12,13,14,16). The van der Waals surface area contributed by atoms with Gasteiger partial charge in [0.25, 0.3) is 5.56 Å². The molecule has 1 unspecified atom stereocenters. The number of nitrogens with zero attached hydrogens (tertiary/aromatic N) is 2. The zero-order chi connectivity index (χ0) is 12.3. The molecule has 1 aromatic heterocycles. The van der Waals surface area contributed by atoms with Crippen LogP contribution >= 0.6 is 22.6 Å². The van der Waals surface area contributed by atoms with E-state index in [-0.39, 0.29) is 11.7 Å². The molecule has 0 spiro atoms. The van der Waals surface area contributed by atoms with Gasteiger partial charge in [0.1, 0.15) is 9.39 Å². The van der Waals surface area contributed by atoms with Gasteiger partial charge in [-0.3, -0.25) is 4.79 Å². The zero-order valence-corrected chi connectivity index (χ0v) is 11.7. The molecule has 0 aromatic carbocycles. The van der Waals surface area contributed by atoms with Crippen LogP contribution in [-0.2, 0) is 4.74 Å². The second-order valence-electron chi connectivity index (χ2n) is 4.03. The van der Waals surface area contributed by atoms with E-state index in [0.717, 1.165) is 19.7 Å². The Hall–Kier alpha value is -0.670. The summed E-state index contributed by atoms with van der Waals surface area (Å²) in [7, 11) is 2.07. The van der Waals surface area contributed by atoms with Crippen molar-refractivity contribution in [3.8, 4) is 0 Å². The molecule has 17 heavy (non-hydrogen) atoms. The van der Waals surface area contributed by atoms with E-state index < -0.39 is 0 Å². The molecule has 94 valence electrons. The average molecular weight is 350 g/mol. The molecule has 1 fully saturated rings. The molecule has 2 N–H and O–H groups in total. The molecule has 1 saturated heterocycles. The van der Waals surface area contributed by atoms with Gasteiger partial charge in [-0.05, 0) is 29.6 Å². The van der Waals surface area contributed by atoms with Gasteiger partial charge in [-0.2, -0.15) is 0 Å². The first-order chi connectivity index (χ1) is 8.16. The molecule has 0 amide bonds. The van der Waals surface area contributed by atoms with Crippen molar-refractivity contribution in [2.75, 3.05) is 38.6 Å². The maximum atomic E-state index is 11.4. The quantitative estimate of drug-likeness (QED) is 0.758. The molecule has 7 heteroatoms.